The van der Waals surface area contributed by atoms with Crippen molar-refractivity contribution >= 4 is 0 Å². The SMILES string of the molecule is CCn1cc(COc2c(C)cc(CC(C)N)cc2C)cn1. The Hall–Kier alpha value is -1.81. The molecule has 0 aliphatic rings. The molecule has 1 unspecified atom stereocenters. The van der Waals surface area contributed by atoms with E-state index < -0.39 is 0 Å². The molecule has 0 saturated heterocycles. The summed E-state index contributed by atoms with van der Waals surface area (Å²) in [5, 5.41) is 4.26. The fourth-order valence-electron chi connectivity index (χ4n) is 2.57. The van der Waals surface area contributed by atoms with E-state index in [2.05, 4.69) is 38.0 Å². The lowest BCUT2D eigenvalue weighted by atomic mass is 10.0. The number of nitrogens with zero attached hydrogens (tertiary/aromatic N) is 2. The Morgan fingerprint density at radius 1 is 1.24 bits per heavy atom. The van der Waals surface area contributed by atoms with E-state index in [-0.39, 0.29) is 6.04 Å². The summed E-state index contributed by atoms with van der Waals surface area (Å²) in [4.78, 5) is 0. The van der Waals surface area contributed by atoms with Crippen molar-refractivity contribution in [1.29, 1.82) is 0 Å². The molecular weight excluding hydrogens is 262 g/mol. The largest absolute Gasteiger partial charge is 0.488 e. The molecule has 0 aliphatic carbocycles. The van der Waals surface area contributed by atoms with Crippen LogP contribution < -0.4 is 10.5 Å². The Morgan fingerprint density at radius 3 is 2.43 bits per heavy atom. The van der Waals surface area contributed by atoms with Gasteiger partial charge in [0, 0.05) is 24.3 Å². The molecule has 1 heterocycles. The van der Waals surface area contributed by atoms with Crippen LogP contribution in [-0.2, 0) is 19.6 Å². The number of aryl methyl sites for hydroxylation is 3. The summed E-state index contributed by atoms with van der Waals surface area (Å²) in [7, 11) is 0. The maximum atomic E-state index is 5.99. The minimum atomic E-state index is 0.176. The molecule has 1 atom stereocenters. The van der Waals surface area contributed by atoms with Crippen molar-refractivity contribution in [3.8, 4) is 5.75 Å². The zero-order chi connectivity index (χ0) is 15.4. The van der Waals surface area contributed by atoms with Crippen molar-refractivity contribution in [3.63, 3.8) is 0 Å². The van der Waals surface area contributed by atoms with Crippen LogP contribution in [0.1, 0.15) is 36.1 Å². The highest BCUT2D eigenvalue weighted by atomic mass is 16.5. The van der Waals surface area contributed by atoms with Gasteiger partial charge < -0.3 is 10.5 Å². The van der Waals surface area contributed by atoms with E-state index in [4.69, 9.17) is 10.5 Å². The summed E-state index contributed by atoms with van der Waals surface area (Å²) in [6.45, 7) is 9.70. The second kappa shape index (κ2) is 6.76. The second-order valence-electron chi connectivity index (χ2n) is 5.73. The first-order valence-corrected chi connectivity index (χ1v) is 7.49. The van der Waals surface area contributed by atoms with Crippen LogP contribution in [0.4, 0.5) is 0 Å². The molecule has 1 aromatic carbocycles. The highest BCUT2D eigenvalue weighted by Gasteiger charge is 2.09. The number of hydrogen-bond donors (Lipinski definition) is 1. The Balaban J connectivity index is 2.09. The maximum Gasteiger partial charge on any atom is 0.125 e. The highest BCUT2D eigenvalue weighted by molar-refractivity contribution is 5.43. The lowest BCUT2D eigenvalue weighted by molar-refractivity contribution is 0.301. The number of rotatable bonds is 6. The molecule has 2 N–H and O–H groups in total. The van der Waals surface area contributed by atoms with Crippen LogP contribution in [0, 0.1) is 13.8 Å². The van der Waals surface area contributed by atoms with Crippen molar-refractivity contribution in [1.82, 2.24) is 9.78 Å². The number of hydrogen-bond acceptors (Lipinski definition) is 3. The van der Waals surface area contributed by atoms with Gasteiger partial charge in [0.05, 0.1) is 6.20 Å². The maximum absolute atomic E-state index is 5.99. The molecular formula is C17H25N3O. The molecule has 0 saturated carbocycles. The van der Waals surface area contributed by atoms with E-state index in [1.54, 1.807) is 0 Å². The van der Waals surface area contributed by atoms with Crippen molar-refractivity contribution in [2.75, 3.05) is 0 Å². The van der Waals surface area contributed by atoms with Crippen molar-refractivity contribution in [3.05, 3.63) is 46.8 Å². The lowest BCUT2D eigenvalue weighted by Crippen LogP contribution is -2.18. The molecule has 4 nitrogen and oxygen atoms in total. The zero-order valence-electron chi connectivity index (χ0n) is 13.4. The second-order valence-corrected chi connectivity index (χ2v) is 5.73. The number of aromatic nitrogens is 2. The average Bonchev–Trinajstić information content (AvgIpc) is 2.85. The third kappa shape index (κ3) is 4.08. The Labute approximate surface area is 126 Å². The Bertz CT molecular complexity index is 579. The molecule has 0 bridgehead atoms. The first-order valence-electron chi connectivity index (χ1n) is 7.49. The molecule has 0 aliphatic heterocycles. The van der Waals surface area contributed by atoms with Gasteiger partial charge in [0.1, 0.15) is 12.4 Å². The minimum Gasteiger partial charge on any atom is -0.488 e. The third-order valence-corrected chi connectivity index (χ3v) is 3.47. The molecule has 114 valence electrons. The third-order valence-electron chi connectivity index (χ3n) is 3.47. The van der Waals surface area contributed by atoms with Crippen LogP contribution in [0.3, 0.4) is 0 Å². The van der Waals surface area contributed by atoms with Crippen LogP contribution in [0.2, 0.25) is 0 Å². The van der Waals surface area contributed by atoms with E-state index in [0.29, 0.717) is 6.61 Å². The highest BCUT2D eigenvalue weighted by Crippen LogP contribution is 2.26. The van der Waals surface area contributed by atoms with Gasteiger partial charge in [-0.25, -0.2) is 0 Å². The number of ether oxygens (including phenoxy) is 1. The molecule has 0 radical (unpaired) electrons. The van der Waals surface area contributed by atoms with Gasteiger partial charge in [-0.15, -0.1) is 0 Å². The molecule has 0 fully saturated rings. The van der Waals surface area contributed by atoms with E-state index >= 15 is 0 Å². The van der Waals surface area contributed by atoms with Gasteiger partial charge in [-0.1, -0.05) is 12.1 Å². The first kappa shape index (κ1) is 15.6. The van der Waals surface area contributed by atoms with Crippen molar-refractivity contribution < 1.29 is 4.74 Å². The Kier molecular flexibility index (Phi) is 5.02. The van der Waals surface area contributed by atoms with E-state index in [1.165, 1.54) is 5.56 Å². The summed E-state index contributed by atoms with van der Waals surface area (Å²) in [6.07, 6.45) is 4.78. The normalized spacial score (nSPS) is 12.4. The predicted octanol–water partition coefficient (Wildman–Crippen LogP) is 2.99. The van der Waals surface area contributed by atoms with E-state index in [9.17, 15) is 0 Å². The molecule has 1 aromatic heterocycles. The number of benzene rings is 1. The van der Waals surface area contributed by atoms with E-state index in [0.717, 1.165) is 35.4 Å². The monoisotopic (exact) mass is 287 g/mol. The van der Waals surface area contributed by atoms with Gasteiger partial charge in [-0.05, 0) is 50.8 Å². The topological polar surface area (TPSA) is 53.1 Å². The molecule has 2 rings (SSSR count). The fourth-order valence-corrected chi connectivity index (χ4v) is 2.57. The van der Waals surface area contributed by atoms with Crippen LogP contribution in [0.15, 0.2) is 24.5 Å². The van der Waals surface area contributed by atoms with Gasteiger partial charge in [-0.2, -0.15) is 5.10 Å². The van der Waals surface area contributed by atoms with Gasteiger partial charge in [0.25, 0.3) is 0 Å². The van der Waals surface area contributed by atoms with Crippen LogP contribution in [0.5, 0.6) is 5.75 Å². The molecule has 0 spiro atoms. The standard InChI is InChI=1S/C17H25N3O/c1-5-20-10-16(9-19-20)11-21-17-12(2)6-15(7-13(17)3)8-14(4)18/h6-7,9-10,14H,5,8,11,18H2,1-4H3. The van der Waals surface area contributed by atoms with Gasteiger partial charge in [0.2, 0.25) is 0 Å². The Morgan fingerprint density at radius 2 is 1.90 bits per heavy atom. The van der Waals surface area contributed by atoms with Crippen molar-refractivity contribution in [2.45, 2.75) is 53.3 Å². The average molecular weight is 287 g/mol. The zero-order valence-corrected chi connectivity index (χ0v) is 13.4. The summed E-state index contributed by atoms with van der Waals surface area (Å²) in [6, 6.07) is 4.51. The molecule has 21 heavy (non-hydrogen) atoms. The fraction of sp³-hybridized carbons (Fsp3) is 0.471. The van der Waals surface area contributed by atoms with Crippen LogP contribution in [-0.4, -0.2) is 15.8 Å². The van der Waals surface area contributed by atoms with E-state index in [1.807, 2.05) is 24.0 Å². The molecule has 0 amide bonds. The lowest BCUT2D eigenvalue weighted by Gasteiger charge is -2.14. The number of nitrogens with two attached hydrogens (primary N) is 1. The van der Waals surface area contributed by atoms with Gasteiger partial charge >= 0.3 is 0 Å². The summed E-state index contributed by atoms with van der Waals surface area (Å²) in [5.41, 5.74) is 10.6. The summed E-state index contributed by atoms with van der Waals surface area (Å²) < 4.78 is 7.89. The first-order chi connectivity index (χ1) is 9.99. The van der Waals surface area contributed by atoms with Crippen molar-refractivity contribution in [2.24, 2.45) is 5.73 Å². The van der Waals surface area contributed by atoms with Gasteiger partial charge in [-0.3, -0.25) is 4.68 Å². The van der Waals surface area contributed by atoms with Crippen LogP contribution >= 0.6 is 0 Å². The summed E-state index contributed by atoms with van der Waals surface area (Å²) >= 11 is 0. The van der Waals surface area contributed by atoms with Crippen LogP contribution in [0.25, 0.3) is 0 Å². The minimum absolute atomic E-state index is 0.176. The van der Waals surface area contributed by atoms with Gasteiger partial charge in [0.15, 0.2) is 0 Å². The predicted molar refractivity (Wildman–Crippen MR) is 85.5 cm³/mol. The quantitative estimate of drug-likeness (QED) is 0.888. The molecule has 2 aromatic rings. The molecule has 4 heteroatoms. The summed E-state index contributed by atoms with van der Waals surface area (Å²) in [5.74, 6) is 0.965. The smallest absolute Gasteiger partial charge is 0.125 e.